The van der Waals surface area contributed by atoms with Crippen LogP contribution in [0.5, 0.6) is 0 Å². The molecule has 8 nitrogen and oxygen atoms in total. The fraction of sp³-hybridized carbons (Fsp3) is 0.375. The number of morpholine rings is 1. The van der Waals surface area contributed by atoms with E-state index in [2.05, 4.69) is 10.3 Å². The van der Waals surface area contributed by atoms with Gasteiger partial charge in [0.1, 0.15) is 0 Å². The van der Waals surface area contributed by atoms with Crippen LogP contribution in [0.3, 0.4) is 0 Å². The molecular weight excluding hydrogens is 414 g/mol. The molecular formula is C16H18ClN3O5S2. The molecule has 1 aliphatic rings. The number of benzene rings is 1. The molecule has 0 aliphatic carbocycles. The van der Waals surface area contributed by atoms with Crippen molar-refractivity contribution in [2.24, 2.45) is 0 Å². The summed E-state index contributed by atoms with van der Waals surface area (Å²) in [5, 5.41) is 12.7. The van der Waals surface area contributed by atoms with Gasteiger partial charge < -0.3 is 15.2 Å². The molecule has 0 bridgehead atoms. The topological polar surface area (TPSA) is 109 Å². The highest BCUT2D eigenvalue weighted by atomic mass is 35.5. The number of carboxylic acids is 1. The molecule has 0 amide bonds. The van der Waals surface area contributed by atoms with Crippen LogP contribution in [-0.2, 0) is 26.0 Å². The Kier molecular flexibility index (Phi) is 6.02. The number of nitrogens with one attached hydrogen (secondary N) is 1. The second-order valence-corrected chi connectivity index (χ2v) is 9.31. The molecule has 0 saturated carbocycles. The van der Waals surface area contributed by atoms with Gasteiger partial charge in [0.2, 0.25) is 10.0 Å². The summed E-state index contributed by atoms with van der Waals surface area (Å²) in [5.41, 5.74) is 1.000. The van der Waals surface area contributed by atoms with Crippen molar-refractivity contribution < 1.29 is 23.1 Å². The van der Waals surface area contributed by atoms with Gasteiger partial charge >= 0.3 is 5.97 Å². The predicted molar refractivity (Wildman–Crippen MR) is 103 cm³/mol. The van der Waals surface area contributed by atoms with Gasteiger partial charge in [0.25, 0.3) is 0 Å². The molecule has 2 N–H and O–H groups in total. The Bertz CT molecular complexity index is 955. The third-order valence-electron chi connectivity index (χ3n) is 3.99. The second kappa shape index (κ2) is 8.11. The molecule has 11 heteroatoms. The number of hydrogen-bond acceptors (Lipinski definition) is 7. The van der Waals surface area contributed by atoms with Gasteiger partial charge in [-0.3, -0.25) is 4.79 Å². The number of aromatic nitrogens is 1. The van der Waals surface area contributed by atoms with E-state index in [-0.39, 0.29) is 11.3 Å². The molecule has 1 saturated heterocycles. The average Bonchev–Trinajstić information content (AvgIpc) is 2.96. The van der Waals surface area contributed by atoms with Crippen molar-refractivity contribution in [1.29, 1.82) is 0 Å². The van der Waals surface area contributed by atoms with Gasteiger partial charge in [-0.15, -0.1) is 11.3 Å². The number of carboxylic acid groups (broad SMARTS) is 1. The number of aliphatic carboxylic acids is 1. The van der Waals surface area contributed by atoms with Gasteiger partial charge in [-0.2, -0.15) is 4.31 Å². The molecule has 1 fully saturated rings. The zero-order valence-corrected chi connectivity index (χ0v) is 16.8. The summed E-state index contributed by atoms with van der Waals surface area (Å²) in [7, 11) is -3.65. The van der Waals surface area contributed by atoms with Crippen LogP contribution in [0.25, 0.3) is 0 Å². The minimum absolute atomic E-state index is 0.121. The number of anilines is 2. The van der Waals surface area contributed by atoms with Gasteiger partial charge in [0.05, 0.1) is 40.9 Å². The monoisotopic (exact) mass is 431 g/mol. The Labute approximate surface area is 165 Å². The molecule has 3 rings (SSSR count). The minimum atomic E-state index is -3.65. The number of carbonyl (C=O) groups is 1. The summed E-state index contributed by atoms with van der Waals surface area (Å²) in [6.45, 7) is 3.06. The first-order valence-corrected chi connectivity index (χ1v) is 10.7. The molecule has 2 aromatic rings. The van der Waals surface area contributed by atoms with Gasteiger partial charge in [0.15, 0.2) is 5.13 Å². The highest BCUT2D eigenvalue weighted by Gasteiger charge is 2.27. The lowest BCUT2D eigenvalue weighted by Crippen LogP contribution is -2.40. The van der Waals surface area contributed by atoms with E-state index >= 15 is 0 Å². The highest BCUT2D eigenvalue weighted by molar-refractivity contribution is 7.89. The Balaban J connectivity index is 1.87. The van der Waals surface area contributed by atoms with Crippen molar-refractivity contribution in [2.45, 2.75) is 18.2 Å². The van der Waals surface area contributed by atoms with Gasteiger partial charge in [0, 0.05) is 18.0 Å². The first-order valence-electron chi connectivity index (χ1n) is 8.10. The maximum absolute atomic E-state index is 12.8. The Morgan fingerprint density at radius 2 is 2.11 bits per heavy atom. The molecule has 1 aromatic carbocycles. The Morgan fingerprint density at radius 1 is 1.41 bits per heavy atom. The van der Waals surface area contributed by atoms with Crippen LogP contribution >= 0.6 is 22.9 Å². The summed E-state index contributed by atoms with van der Waals surface area (Å²) in [6, 6.07) is 4.43. The lowest BCUT2D eigenvalue weighted by atomic mass is 10.3. The number of halogens is 1. The van der Waals surface area contributed by atoms with Crippen LogP contribution in [0.2, 0.25) is 5.02 Å². The van der Waals surface area contributed by atoms with Crippen molar-refractivity contribution in [3.05, 3.63) is 33.8 Å². The summed E-state index contributed by atoms with van der Waals surface area (Å²) in [4.78, 5) is 15.9. The van der Waals surface area contributed by atoms with Gasteiger partial charge in [-0.25, -0.2) is 13.4 Å². The molecule has 1 aromatic heterocycles. The van der Waals surface area contributed by atoms with Gasteiger partial charge in [-0.1, -0.05) is 11.6 Å². The molecule has 0 atom stereocenters. The fourth-order valence-corrected chi connectivity index (χ4v) is 5.16. The first-order chi connectivity index (χ1) is 12.8. The number of nitrogens with zero attached hydrogens (tertiary/aromatic N) is 2. The van der Waals surface area contributed by atoms with Crippen molar-refractivity contribution >= 4 is 49.7 Å². The maximum Gasteiger partial charge on any atom is 0.308 e. The summed E-state index contributed by atoms with van der Waals surface area (Å²) in [6.07, 6.45) is -0.121. The number of sulfonamides is 1. The van der Waals surface area contributed by atoms with E-state index in [4.69, 9.17) is 21.4 Å². The lowest BCUT2D eigenvalue weighted by Gasteiger charge is -2.26. The van der Waals surface area contributed by atoms with E-state index < -0.39 is 16.0 Å². The van der Waals surface area contributed by atoms with Gasteiger partial charge in [-0.05, 0) is 25.1 Å². The standard InChI is InChI=1S/C16H18ClN3O5S2/c1-10-14(9-15(21)22)26-16(18-10)19-13-8-11(2-3-12(13)17)27(23,24)20-4-6-25-7-5-20/h2-3,8H,4-7,9H2,1H3,(H,18,19)(H,21,22). The van der Waals surface area contributed by atoms with E-state index in [1.807, 2.05) is 0 Å². The molecule has 146 valence electrons. The third-order valence-corrected chi connectivity index (χ3v) is 7.29. The third kappa shape index (κ3) is 4.58. The van der Waals surface area contributed by atoms with Crippen molar-refractivity contribution in [1.82, 2.24) is 9.29 Å². The number of ether oxygens (including phenoxy) is 1. The maximum atomic E-state index is 12.8. The molecule has 27 heavy (non-hydrogen) atoms. The smallest absolute Gasteiger partial charge is 0.308 e. The normalized spacial score (nSPS) is 15.6. The molecule has 2 heterocycles. The Morgan fingerprint density at radius 3 is 2.78 bits per heavy atom. The predicted octanol–water partition coefficient (Wildman–Crippen LogP) is 2.50. The van der Waals surface area contributed by atoms with Crippen molar-refractivity contribution in [3.63, 3.8) is 0 Å². The van der Waals surface area contributed by atoms with Crippen LogP contribution in [-0.4, -0.2) is 55.1 Å². The van der Waals surface area contributed by atoms with Crippen LogP contribution in [0, 0.1) is 6.92 Å². The van der Waals surface area contributed by atoms with Crippen LogP contribution in [0.15, 0.2) is 23.1 Å². The largest absolute Gasteiger partial charge is 0.481 e. The minimum Gasteiger partial charge on any atom is -0.481 e. The number of rotatable bonds is 6. The number of thiazole rings is 1. The zero-order valence-electron chi connectivity index (χ0n) is 14.4. The van der Waals surface area contributed by atoms with E-state index in [9.17, 15) is 13.2 Å². The van der Waals surface area contributed by atoms with E-state index in [1.165, 1.54) is 33.8 Å². The summed E-state index contributed by atoms with van der Waals surface area (Å²) in [5.74, 6) is -0.940. The van der Waals surface area contributed by atoms with Crippen LogP contribution < -0.4 is 5.32 Å². The quantitative estimate of drug-likeness (QED) is 0.723. The number of aryl methyl sites for hydroxylation is 1. The van der Waals surface area contributed by atoms with E-state index in [0.29, 0.717) is 52.7 Å². The molecule has 0 spiro atoms. The number of hydrogen-bond donors (Lipinski definition) is 2. The lowest BCUT2D eigenvalue weighted by molar-refractivity contribution is -0.136. The van der Waals surface area contributed by atoms with E-state index in [0.717, 1.165) is 0 Å². The molecule has 0 radical (unpaired) electrons. The zero-order chi connectivity index (χ0) is 19.6. The molecule has 1 aliphatic heterocycles. The van der Waals surface area contributed by atoms with Crippen molar-refractivity contribution in [2.75, 3.05) is 31.6 Å². The molecule has 0 unspecified atom stereocenters. The van der Waals surface area contributed by atoms with Crippen LogP contribution in [0.1, 0.15) is 10.6 Å². The van der Waals surface area contributed by atoms with Crippen LogP contribution in [0.4, 0.5) is 10.8 Å². The summed E-state index contributed by atoms with van der Waals surface area (Å²) < 4.78 is 32.2. The summed E-state index contributed by atoms with van der Waals surface area (Å²) >= 11 is 7.40. The average molecular weight is 432 g/mol. The Hall–Kier alpha value is -1.72. The highest BCUT2D eigenvalue weighted by Crippen LogP contribution is 2.32. The SMILES string of the molecule is Cc1nc(Nc2cc(S(=O)(=O)N3CCOCC3)ccc2Cl)sc1CC(=O)O. The first kappa shape index (κ1) is 20.0. The van der Waals surface area contributed by atoms with Crippen molar-refractivity contribution in [3.8, 4) is 0 Å². The fourth-order valence-electron chi connectivity index (χ4n) is 2.59. The second-order valence-electron chi connectivity index (χ2n) is 5.88. The van der Waals surface area contributed by atoms with E-state index in [1.54, 1.807) is 6.92 Å².